The van der Waals surface area contributed by atoms with Crippen molar-refractivity contribution < 1.29 is 4.79 Å². The number of para-hydroxylation sites is 1. The minimum atomic E-state index is -0.219. The summed E-state index contributed by atoms with van der Waals surface area (Å²) >= 11 is 0. The van der Waals surface area contributed by atoms with Crippen LogP contribution in [-0.2, 0) is 11.3 Å². The van der Waals surface area contributed by atoms with Gasteiger partial charge in [-0.2, -0.15) is 15.0 Å². The normalized spacial score (nSPS) is 10.1. The molecular formula is C13H14N4O. The Morgan fingerprint density at radius 1 is 1.39 bits per heavy atom. The van der Waals surface area contributed by atoms with Crippen LogP contribution in [0.4, 0.5) is 0 Å². The van der Waals surface area contributed by atoms with Crippen molar-refractivity contribution in [3.8, 4) is 5.69 Å². The van der Waals surface area contributed by atoms with E-state index in [0.717, 1.165) is 17.1 Å². The van der Waals surface area contributed by atoms with E-state index in [-0.39, 0.29) is 5.91 Å². The van der Waals surface area contributed by atoms with Crippen molar-refractivity contribution in [3.05, 3.63) is 54.4 Å². The van der Waals surface area contributed by atoms with Crippen LogP contribution in [0.5, 0.6) is 0 Å². The molecule has 0 fully saturated rings. The van der Waals surface area contributed by atoms with Crippen LogP contribution in [0.1, 0.15) is 11.4 Å². The minimum Gasteiger partial charge on any atom is -0.347 e. The number of nitrogens with one attached hydrogen (secondary N) is 1. The summed E-state index contributed by atoms with van der Waals surface area (Å²) in [6.45, 7) is 5.61. The SMILES string of the molecule is C=CC(=O)NCc1nn(-c2ccccc2)nc1C. The summed E-state index contributed by atoms with van der Waals surface area (Å²) in [6, 6.07) is 9.63. The van der Waals surface area contributed by atoms with Crippen LogP contribution in [0.3, 0.4) is 0 Å². The fourth-order valence-corrected chi connectivity index (χ4v) is 1.49. The van der Waals surface area contributed by atoms with Gasteiger partial charge in [-0.25, -0.2) is 0 Å². The molecule has 0 aliphatic rings. The number of nitrogens with zero attached hydrogens (tertiary/aromatic N) is 3. The largest absolute Gasteiger partial charge is 0.347 e. The van der Waals surface area contributed by atoms with Gasteiger partial charge >= 0.3 is 0 Å². The molecule has 2 rings (SSSR count). The molecule has 0 unspecified atom stereocenters. The average Bonchev–Trinajstić information content (AvgIpc) is 2.78. The topological polar surface area (TPSA) is 59.8 Å². The van der Waals surface area contributed by atoms with Crippen LogP contribution in [-0.4, -0.2) is 20.9 Å². The Kier molecular flexibility index (Phi) is 3.52. The van der Waals surface area contributed by atoms with Gasteiger partial charge in [0, 0.05) is 0 Å². The maximum absolute atomic E-state index is 11.1. The number of carbonyl (C=O) groups is 1. The standard InChI is InChI=1S/C13H14N4O/c1-3-13(18)14-9-12-10(2)15-17(16-12)11-7-5-4-6-8-11/h3-8H,1,9H2,2H3,(H,14,18). The molecule has 1 amide bonds. The molecule has 0 aliphatic carbocycles. The Balaban J connectivity index is 2.17. The van der Waals surface area contributed by atoms with Gasteiger partial charge in [0.1, 0.15) is 5.69 Å². The summed E-state index contributed by atoms with van der Waals surface area (Å²) in [5, 5.41) is 11.3. The molecule has 0 saturated heterocycles. The highest BCUT2D eigenvalue weighted by molar-refractivity contribution is 5.86. The first kappa shape index (κ1) is 12.0. The van der Waals surface area contributed by atoms with Crippen molar-refractivity contribution in [1.29, 1.82) is 0 Å². The van der Waals surface area contributed by atoms with Crippen LogP contribution < -0.4 is 5.32 Å². The number of hydrogen-bond acceptors (Lipinski definition) is 3. The number of aromatic nitrogens is 3. The van der Waals surface area contributed by atoms with Gasteiger partial charge in [-0.1, -0.05) is 24.8 Å². The molecule has 1 aromatic carbocycles. The second-order valence-corrected chi connectivity index (χ2v) is 3.78. The molecule has 5 nitrogen and oxygen atoms in total. The summed E-state index contributed by atoms with van der Waals surface area (Å²) in [4.78, 5) is 12.6. The zero-order valence-corrected chi connectivity index (χ0v) is 10.1. The lowest BCUT2D eigenvalue weighted by Crippen LogP contribution is -2.20. The lowest BCUT2D eigenvalue weighted by Gasteiger charge is -1.99. The van der Waals surface area contributed by atoms with Crippen molar-refractivity contribution >= 4 is 5.91 Å². The first-order chi connectivity index (χ1) is 8.70. The fourth-order valence-electron chi connectivity index (χ4n) is 1.49. The monoisotopic (exact) mass is 242 g/mol. The maximum atomic E-state index is 11.1. The smallest absolute Gasteiger partial charge is 0.243 e. The van der Waals surface area contributed by atoms with Crippen molar-refractivity contribution in [2.45, 2.75) is 13.5 Å². The van der Waals surface area contributed by atoms with Crippen molar-refractivity contribution in [3.63, 3.8) is 0 Å². The molecule has 5 heteroatoms. The summed E-state index contributed by atoms with van der Waals surface area (Å²) in [7, 11) is 0. The van der Waals surface area contributed by atoms with Gasteiger partial charge in [0.15, 0.2) is 0 Å². The van der Waals surface area contributed by atoms with Gasteiger partial charge in [0.05, 0.1) is 17.9 Å². The third kappa shape index (κ3) is 2.63. The van der Waals surface area contributed by atoms with Crippen molar-refractivity contribution in [2.75, 3.05) is 0 Å². The third-order valence-electron chi connectivity index (χ3n) is 2.48. The Morgan fingerprint density at radius 3 is 2.78 bits per heavy atom. The molecule has 1 heterocycles. The molecule has 0 spiro atoms. The molecule has 2 aromatic rings. The molecule has 1 aromatic heterocycles. The number of aryl methyl sites for hydroxylation is 1. The summed E-state index contributed by atoms with van der Waals surface area (Å²) < 4.78 is 0. The van der Waals surface area contributed by atoms with Crippen LogP contribution in [0, 0.1) is 6.92 Å². The van der Waals surface area contributed by atoms with Crippen LogP contribution in [0.15, 0.2) is 43.0 Å². The lowest BCUT2D eigenvalue weighted by atomic mass is 10.3. The van der Waals surface area contributed by atoms with Gasteiger partial charge < -0.3 is 5.32 Å². The van der Waals surface area contributed by atoms with Gasteiger partial charge in [-0.15, -0.1) is 0 Å². The summed E-state index contributed by atoms with van der Waals surface area (Å²) in [5.74, 6) is -0.219. The summed E-state index contributed by atoms with van der Waals surface area (Å²) in [5.41, 5.74) is 2.43. The van der Waals surface area contributed by atoms with Crippen molar-refractivity contribution in [1.82, 2.24) is 20.3 Å². The second-order valence-electron chi connectivity index (χ2n) is 3.78. The molecule has 0 bridgehead atoms. The zero-order valence-electron chi connectivity index (χ0n) is 10.1. The molecule has 1 N–H and O–H groups in total. The molecule has 0 saturated carbocycles. The number of hydrogen-bond donors (Lipinski definition) is 1. The Bertz CT molecular complexity index is 560. The van der Waals surface area contributed by atoms with E-state index < -0.39 is 0 Å². The quantitative estimate of drug-likeness (QED) is 0.824. The first-order valence-electron chi connectivity index (χ1n) is 5.59. The number of benzene rings is 1. The van der Waals surface area contributed by atoms with E-state index >= 15 is 0 Å². The van der Waals surface area contributed by atoms with Crippen LogP contribution in [0.2, 0.25) is 0 Å². The van der Waals surface area contributed by atoms with E-state index in [9.17, 15) is 4.79 Å². The predicted octanol–water partition coefficient (Wildman–Crippen LogP) is 1.38. The molecule has 0 atom stereocenters. The molecular weight excluding hydrogens is 228 g/mol. The van der Waals surface area contributed by atoms with E-state index in [1.165, 1.54) is 6.08 Å². The second kappa shape index (κ2) is 5.27. The third-order valence-corrected chi connectivity index (χ3v) is 2.48. The highest BCUT2D eigenvalue weighted by Gasteiger charge is 2.08. The highest BCUT2D eigenvalue weighted by atomic mass is 16.1. The summed E-state index contributed by atoms with van der Waals surface area (Å²) in [6.07, 6.45) is 1.23. The number of amides is 1. The van der Waals surface area contributed by atoms with E-state index in [1.54, 1.807) is 4.80 Å². The first-order valence-corrected chi connectivity index (χ1v) is 5.59. The molecule has 0 aliphatic heterocycles. The van der Waals surface area contributed by atoms with E-state index in [2.05, 4.69) is 22.1 Å². The van der Waals surface area contributed by atoms with Gasteiger partial charge in [-0.3, -0.25) is 4.79 Å². The van der Waals surface area contributed by atoms with Crippen LogP contribution >= 0.6 is 0 Å². The highest BCUT2D eigenvalue weighted by Crippen LogP contribution is 2.07. The Morgan fingerprint density at radius 2 is 2.11 bits per heavy atom. The zero-order chi connectivity index (χ0) is 13.0. The average molecular weight is 242 g/mol. The minimum absolute atomic E-state index is 0.219. The Labute approximate surface area is 105 Å². The Hall–Kier alpha value is -2.43. The fraction of sp³-hybridized carbons (Fsp3) is 0.154. The van der Waals surface area contributed by atoms with Crippen LogP contribution in [0.25, 0.3) is 5.69 Å². The van der Waals surface area contributed by atoms with Gasteiger partial charge in [0.25, 0.3) is 0 Å². The molecule has 18 heavy (non-hydrogen) atoms. The number of carbonyl (C=O) groups excluding carboxylic acids is 1. The molecule has 0 radical (unpaired) electrons. The number of rotatable bonds is 4. The van der Waals surface area contributed by atoms with Gasteiger partial charge in [-0.05, 0) is 25.1 Å². The molecule has 92 valence electrons. The predicted molar refractivity (Wildman–Crippen MR) is 68.1 cm³/mol. The van der Waals surface area contributed by atoms with E-state index in [4.69, 9.17) is 0 Å². The van der Waals surface area contributed by atoms with E-state index in [1.807, 2.05) is 37.3 Å². The lowest BCUT2D eigenvalue weighted by molar-refractivity contribution is -0.116. The van der Waals surface area contributed by atoms with E-state index in [0.29, 0.717) is 6.54 Å². The van der Waals surface area contributed by atoms with Crippen molar-refractivity contribution in [2.24, 2.45) is 0 Å². The maximum Gasteiger partial charge on any atom is 0.243 e. The van der Waals surface area contributed by atoms with Gasteiger partial charge in [0.2, 0.25) is 5.91 Å².